The summed E-state index contributed by atoms with van der Waals surface area (Å²) in [4.78, 5) is 26.0. The van der Waals surface area contributed by atoms with Crippen LogP contribution in [0.1, 0.15) is 43.5 Å². The molecule has 5 nitrogen and oxygen atoms in total. The molecule has 0 aliphatic heterocycles. The van der Waals surface area contributed by atoms with E-state index >= 15 is 0 Å². The summed E-state index contributed by atoms with van der Waals surface area (Å²) in [6, 6.07) is 2.43. The highest BCUT2D eigenvalue weighted by molar-refractivity contribution is 7.10. The molecule has 0 bridgehead atoms. The Kier molecular flexibility index (Phi) is 5.22. The molecule has 1 fully saturated rings. The van der Waals surface area contributed by atoms with Crippen molar-refractivity contribution >= 4 is 23.3 Å². The summed E-state index contributed by atoms with van der Waals surface area (Å²) in [7, 11) is 1.76. The number of carbonyl (C=O) groups excluding carboxylic acids is 1. The molecule has 1 aromatic heterocycles. The Bertz CT molecular complexity index is 489. The fraction of sp³-hybridized carbons (Fsp3) is 0.600. The van der Waals surface area contributed by atoms with Crippen LogP contribution in [0, 0.1) is 5.92 Å². The average molecular weight is 310 g/mol. The zero-order chi connectivity index (χ0) is 15.4. The van der Waals surface area contributed by atoms with E-state index < -0.39 is 12.0 Å². The Labute approximate surface area is 129 Å². The summed E-state index contributed by atoms with van der Waals surface area (Å²) in [6.07, 6.45) is 4.31. The molecular weight excluding hydrogens is 288 g/mol. The van der Waals surface area contributed by atoms with Crippen molar-refractivity contribution < 1.29 is 14.7 Å². The zero-order valence-electron chi connectivity index (χ0n) is 12.4. The summed E-state index contributed by atoms with van der Waals surface area (Å²) >= 11 is 1.33. The summed E-state index contributed by atoms with van der Waals surface area (Å²) < 4.78 is 0. The van der Waals surface area contributed by atoms with Gasteiger partial charge in [0.25, 0.3) is 0 Å². The monoisotopic (exact) mass is 310 g/mol. The molecule has 116 valence electrons. The highest BCUT2D eigenvalue weighted by atomic mass is 32.1. The second kappa shape index (κ2) is 6.93. The number of urea groups is 1. The van der Waals surface area contributed by atoms with Gasteiger partial charge in [-0.3, -0.25) is 0 Å². The Morgan fingerprint density at radius 3 is 2.81 bits per heavy atom. The summed E-state index contributed by atoms with van der Waals surface area (Å²) in [6.45, 7) is 2.20. The lowest BCUT2D eigenvalue weighted by atomic mass is 9.86. The number of aliphatic carboxylic acids is 1. The largest absolute Gasteiger partial charge is 0.479 e. The van der Waals surface area contributed by atoms with Crippen molar-refractivity contribution in [1.29, 1.82) is 0 Å². The molecule has 2 amide bonds. The minimum Gasteiger partial charge on any atom is -0.479 e. The van der Waals surface area contributed by atoms with E-state index in [1.54, 1.807) is 24.1 Å². The molecular formula is C15H22N2O3S. The first-order valence-electron chi connectivity index (χ1n) is 7.28. The predicted octanol–water partition coefficient (Wildman–Crippen LogP) is 3.09. The van der Waals surface area contributed by atoms with E-state index in [1.165, 1.54) is 17.8 Å². The molecule has 21 heavy (non-hydrogen) atoms. The van der Waals surface area contributed by atoms with Crippen LogP contribution >= 0.6 is 11.3 Å². The first kappa shape index (κ1) is 15.8. The van der Waals surface area contributed by atoms with E-state index in [1.807, 2.05) is 5.38 Å². The van der Waals surface area contributed by atoms with E-state index in [9.17, 15) is 14.7 Å². The summed E-state index contributed by atoms with van der Waals surface area (Å²) in [5.41, 5.74) is 0. The van der Waals surface area contributed by atoms with Crippen LogP contribution in [-0.2, 0) is 4.79 Å². The van der Waals surface area contributed by atoms with Crippen molar-refractivity contribution in [2.75, 3.05) is 7.05 Å². The molecule has 1 heterocycles. The van der Waals surface area contributed by atoms with Gasteiger partial charge in [0.2, 0.25) is 0 Å². The summed E-state index contributed by atoms with van der Waals surface area (Å²) in [5.74, 6) is -0.414. The number of carboxylic acids is 1. The average Bonchev–Trinajstić information content (AvgIpc) is 2.97. The fourth-order valence-electron chi connectivity index (χ4n) is 2.86. The molecule has 3 atom stereocenters. The second-order valence-corrected chi connectivity index (χ2v) is 6.75. The van der Waals surface area contributed by atoms with Gasteiger partial charge in [-0.2, -0.15) is 0 Å². The molecule has 2 rings (SSSR count). The van der Waals surface area contributed by atoms with Crippen LogP contribution in [0.5, 0.6) is 0 Å². The van der Waals surface area contributed by atoms with Crippen LogP contribution in [0.4, 0.5) is 4.79 Å². The minimum absolute atomic E-state index is 0.200. The number of carboxylic acid groups (broad SMARTS) is 1. The lowest BCUT2D eigenvalue weighted by Crippen LogP contribution is -2.47. The number of hydrogen-bond donors (Lipinski definition) is 2. The number of carbonyl (C=O) groups is 2. The van der Waals surface area contributed by atoms with Crippen LogP contribution < -0.4 is 5.32 Å². The molecule has 2 N–H and O–H groups in total. The standard InChI is InChI=1S/C15H22N2O3S/c1-10-5-3-6-11(9-10)17(2)15(20)16-13(14(18)19)12-7-4-8-21-12/h4,7-8,10-11,13H,3,5-6,9H2,1-2H3,(H,16,20)(H,18,19). The Morgan fingerprint density at radius 2 is 2.24 bits per heavy atom. The van der Waals surface area contributed by atoms with E-state index in [4.69, 9.17) is 0 Å². The van der Waals surface area contributed by atoms with Crippen LogP contribution in [0.25, 0.3) is 0 Å². The summed E-state index contributed by atoms with van der Waals surface area (Å²) in [5, 5.41) is 13.7. The smallest absolute Gasteiger partial charge is 0.331 e. The number of nitrogens with one attached hydrogen (secondary N) is 1. The Morgan fingerprint density at radius 1 is 1.48 bits per heavy atom. The number of amides is 2. The predicted molar refractivity (Wildman–Crippen MR) is 82.4 cm³/mol. The van der Waals surface area contributed by atoms with E-state index in [2.05, 4.69) is 12.2 Å². The molecule has 0 aromatic carbocycles. The number of hydrogen-bond acceptors (Lipinski definition) is 3. The lowest BCUT2D eigenvalue weighted by Gasteiger charge is -2.34. The van der Waals surface area contributed by atoms with Crippen LogP contribution in [0.15, 0.2) is 17.5 Å². The van der Waals surface area contributed by atoms with Crippen molar-refractivity contribution in [2.24, 2.45) is 5.92 Å². The van der Waals surface area contributed by atoms with Gasteiger partial charge in [-0.15, -0.1) is 11.3 Å². The Hall–Kier alpha value is -1.56. The maximum absolute atomic E-state index is 12.3. The number of thiophene rings is 1. The van der Waals surface area contributed by atoms with Gasteiger partial charge < -0.3 is 15.3 Å². The highest BCUT2D eigenvalue weighted by Crippen LogP contribution is 2.27. The number of rotatable bonds is 4. The molecule has 1 aliphatic carbocycles. The first-order valence-corrected chi connectivity index (χ1v) is 8.16. The molecule has 0 radical (unpaired) electrons. The van der Waals surface area contributed by atoms with Crippen molar-refractivity contribution in [3.63, 3.8) is 0 Å². The molecule has 6 heteroatoms. The maximum Gasteiger partial charge on any atom is 0.331 e. The third-order valence-electron chi connectivity index (χ3n) is 4.12. The molecule has 1 aromatic rings. The van der Waals surface area contributed by atoms with Crippen molar-refractivity contribution in [3.05, 3.63) is 22.4 Å². The topological polar surface area (TPSA) is 69.6 Å². The van der Waals surface area contributed by atoms with Gasteiger partial charge in [0.1, 0.15) is 0 Å². The quantitative estimate of drug-likeness (QED) is 0.898. The molecule has 1 saturated carbocycles. The van der Waals surface area contributed by atoms with Gasteiger partial charge in [-0.05, 0) is 30.2 Å². The molecule has 3 unspecified atom stereocenters. The van der Waals surface area contributed by atoms with Crippen LogP contribution in [-0.4, -0.2) is 35.1 Å². The second-order valence-electron chi connectivity index (χ2n) is 5.77. The SMILES string of the molecule is CC1CCCC(N(C)C(=O)NC(C(=O)O)c2cccs2)C1. The third-order valence-corrected chi connectivity index (χ3v) is 5.06. The highest BCUT2D eigenvalue weighted by Gasteiger charge is 2.29. The van der Waals surface area contributed by atoms with Gasteiger partial charge in [0.05, 0.1) is 0 Å². The van der Waals surface area contributed by atoms with Crippen LogP contribution in [0.3, 0.4) is 0 Å². The minimum atomic E-state index is -1.03. The molecule has 0 spiro atoms. The van der Waals surface area contributed by atoms with Crippen molar-refractivity contribution in [3.8, 4) is 0 Å². The number of nitrogens with zero attached hydrogens (tertiary/aromatic N) is 1. The fourth-order valence-corrected chi connectivity index (χ4v) is 3.62. The van der Waals surface area contributed by atoms with Gasteiger partial charge >= 0.3 is 12.0 Å². The zero-order valence-corrected chi connectivity index (χ0v) is 13.2. The maximum atomic E-state index is 12.3. The van der Waals surface area contributed by atoms with Gasteiger partial charge in [-0.1, -0.05) is 25.8 Å². The van der Waals surface area contributed by atoms with Crippen molar-refractivity contribution in [2.45, 2.75) is 44.7 Å². The van der Waals surface area contributed by atoms with Crippen LogP contribution in [0.2, 0.25) is 0 Å². The normalized spacial score (nSPS) is 23.3. The molecule has 0 saturated heterocycles. The Balaban J connectivity index is 2.00. The van der Waals surface area contributed by atoms with Gasteiger partial charge in [-0.25, -0.2) is 9.59 Å². The van der Waals surface area contributed by atoms with Gasteiger partial charge in [0, 0.05) is 18.0 Å². The van der Waals surface area contributed by atoms with E-state index in [0.29, 0.717) is 10.8 Å². The van der Waals surface area contributed by atoms with E-state index in [-0.39, 0.29) is 12.1 Å². The van der Waals surface area contributed by atoms with E-state index in [0.717, 1.165) is 19.3 Å². The third kappa shape index (κ3) is 3.97. The van der Waals surface area contributed by atoms with Gasteiger partial charge in [0.15, 0.2) is 6.04 Å². The lowest BCUT2D eigenvalue weighted by molar-refractivity contribution is -0.139. The first-order chi connectivity index (χ1) is 9.99. The molecule has 1 aliphatic rings. The van der Waals surface area contributed by atoms with Crippen molar-refractivity contribution in [1.82, 2.24) is 10.2 Å².